The van der Waals surface area contributed by atoms with Gasteiger partial charge in [-0.05, 0) is 30.2 Å². The molecule has 3 rings (SSSR count). The first-order chi connectivity index (χ1) is 9.66. The minimum atomic E-state index is -0.825. The fourth-order valence-electron chi connectivity index (χ4n) is 2.30. The molecule has 0 saturated heterocycles. The van der Waals surface area contributed by atoms with Crippen molar-refractivity contribution in [2.75, 3.05) is 0 Å². The van der Waals surface area contributed by atoms with Crippen LogP contribution in [0.5, 0.6) is 0 Å². The fraction of sp³-hybridized carbons (Fsp3) is 0.118. The second kappa shape index (κ2) is 4.85. The lowest BCUT2D eigenvalue weighted by molar-refractivity contribution is -0.138. The van der Waals surface area contributed by atoms with Crippen molar-refractivity contribution in [2.24, 2.45) is 0 Å². The number of hydrogen-bond donors (Lipinski definition) is 1. The number of carbonyl (C=O) groups is 1. The minimum Gasteiger partial charge on any atom is -0.481 e. The Labute approximate surface area is 116 Å². The van der Waals surface area contributed by atoms with Crippen LogP contribution in [0.2, 0.25) is 0 Å². The number of hydrogen-bond acceptors (Lipinski definition) is 2. The summed E-state index contributed by atoms with van der Waals surface area (Å²) in [5.41, 5.74) is 3.60. The summed E-state index contributed by atoms with van der Waals surface area (Å²) in [5, 5.41) is 10.1. The van der Waals surface area contributed by atoms with Crippen LogP contribution >= 0.6 is 0 Å². The first kappa shape index (κ1) is 12.5. The summed E-state index contributed by atoms with van der Waals surface area (Å²) in [6.45, 7) is 1.69. The van der Waals surface area contributed by atoms with Crippen molar-refractivity contribution in [3.05, 3.63) is 60.4 Å². The second-order valence-corrected chi connectivity index (χ2v) is 4.83. The molecule has 1 atom stereocenters. The molecule has 1 heterocycles. The van der Waals surface area contributed by atoms with E-state index in [1.165, 1.54) is 0 Å². The van der Waals surface area contributed by atoms with E-state index < -0.39 is 11.9 Å². The van der Waals surface area contributed by atoms with Gasteiger partial charge in [-0.15, -0.1) is 0 Å². The van der Waals surface area contributed by atoms with Crippen molar-refractivity contribution >= 4 is 16.9 Å². The Bertz CT molecular complexity index is 756. The van der Waals surface area contributed by atoms with Gasteiger partial charge in [0.1, 0.15) is 5.58 Å². The standard InChI is InChI=1S/C17H14O3/c1-11(17(18)19)13-7-8-16-14(9-13)15(10-20-16)12-5-3-2-4-6-12/h2-11H,1H3,(H,18,19). The first-order valence-corrected chi connectivity index (χ1v) is 6.46. The predicted molar refractivity (Wildman–Crippen MR) is 77.7 cm³/mol. The average molecular weight is 266 g/mol. The zero-order valence-corrected chi connectivity index (χ0v) is 11.0. The summed E-state index contributed by atoms with van der Waals surface area (Å²) in [5.74, 6) is -1.35. The van der Waals surface area contributed by atoms with Crippen LogP contribution in [0.15, 0.2) is 59.2 Å². The minimum absolute atomic E-state index is 0.530. The molecule has 0 amide bonds. The van der Waals surface area contributed by atoms with E-state index in [1.54, 1.807) is 19.3 Å². The third kappa shape index (κ3) is 2.07. The van der Waals surface area contributed by atoms with Gasteiger partial charge in [0, 0.05) is 10.9 Å². The summed E-state index contributed by atoms with van der Waals surface area (Å²) in [6.07, 6.45) is 1.72. The Morgan fingerprint density at radius 1 is 1.15 bits per heavy atom. The Morgan fingerprint density at radius 3 is 2.60 bits per heavy atom. The van der Waals surface area contributed by atoms with Crippen LogP contribution in [0.1, 0.15) is 18.4 Å². The number of carboxylic acid groups (broad SMARTS) is 1. The molecular formula is C17H14O3. The number of furan rings is 1. The molecule has 100 valence electrons. The van der Waals surface area contributed by atoms with Gasteiger partial charge >= 0.3 is 5.97 Å². The highest BCUT2D eigenvalue weighted by molar-refractivity contribution is 5.95. The molecule has 0 bridgehead atoms. The van der Waals surface area contributed by atoms with E-state index in [1.807, 2.05) is 42.5 Å². The highest BCUT2D eigenvalue weighted by Crippen LogP contribution is 2.32. The molecule has 0 fully saturated rings. The lowest BCUT2D eigenvalue weighted by Crippen LogP contribution is -2.06. The number of rotatable bonds is 3. The SMILES string of the molecule is CC(C(=O)O)c1ccc2occ(-c3ccccc3)c2c1. The summed E-state index contributed by atoms with van der Waals surface area (Å²) in [7, 11) is 0. The predicted octanol–water partition coefficient (Wildman–Crippen LogP) is 4.29. The molecule has 1 aromatic heterocycles. The van der Waals surface area contributed by atoms with Gasteiger partial charge in [0.05, 0.1) is 12.2 Å². The number of fused-ring (bicyclic) bond motifs is 1. The van der Waals surface area contributed by atoms with Crippen LogP contribution in [0, 0.1) is 0 Å². The molecule has 0 saturated carbocycles. The molecule has 0 spiro atoms. The highest BCUT2D eigenvalue weighted by Gasteiger charge is 2.16. The average Bonchev–Trinajstić information content (AvgIpc) is 2.90. The second-order valence-electron chi connectivity index (χ2n) is 4.83. The summed E-state index contributed by atoms with van der Waals surface area (Å²) < 4.78 is 5.55. The van der Waals surface area contributed by atoms with E-state index in [0.717, 1.165) is 27.7 Å². The quantitative estimate of drug-likeness (QED) is 0.769. The van der Waals surface area contributed by atoms with Gasteiger partial charge in [-0.2, -0.15) is 0 Å². The summed E-state index contributed by atoms with van der Waals surface area (Å²) in [6, 6.07) is 15.5. The maximum atomic E-state index is 11.1. The van der Waals surface area contributed by atoms with Crippen molar-refractivity contribution in [3.8, 4) is 11.1 Å². The monoisotopic (exact) mass is 266 g/mol. The van der Waals surface area contributed by atoms with E-state index in [0.29, 0.717) is 0 Å². The molecule has 1 N–H and O–H groups in total. The van der Waals surface area contributed by atoms with Crippen molar-refractivity contribution in [1.29, 1.82) is 0 Å². The zero-order valence-electron chi connectivity index (χ0n) is 11.0. The molecular weight excluding hydrogens is 252 g/mol. The summed E-state index contributed by atoms with van der Waals surface area (Å²) >= 11 is 0. The highest BCUT2D eigenvalue weighted by atomic mass is 16.4. The number of benzene rings is 2. The Kier molecular flexibility index (Phi) is 3.03. The maximum Gasteiger partial charge on any atom is 0.310 e. The molecule has 3 aromatic rings. The first-order valence-electron chi connectivity index (χ1n) is 6.46. The Morgan fingerprint density at radius 2 is 1.90 bits per heavy atom. The molecule has 2 aromatic carbocycles. The van der Waals surface area contributed by atoms with Gasteiger partial charge in [-0.1, -0.05) is 36.4 Å². The van der Waals surface area contributed by atoms with Gasteiger partial charge < -0.3 is 9.52 Å². The van der Waals surface area contributed by atoms with Crippen LogP contribution < -0.4 is 0 Å². The lowest BCUT2D eigenvalue weighted by atomic mass is 9.97. The van der Waals surface area contributed by atoms with Crippen LogP contribution in [-0.4, -0.2) is 11.1 Å². The molecule has 3 heteroatoms. The number of carboxylic acids is 1. The molecule has 0 aliphatic rings. The largest absolute Gasteiger partial charge is 0.481 e. The normalized spacial score (nSPS) is 12.4. The van der Waals surface area contributed by atoms with E-state index in [2.05, 4.69) is 0 Å². The Hall–Kier alpha value is -2.55. The van der Waals surface area contributed by atoms with Gasteiger partial charge in [0.2, 0.25) is 0 Å². The molecule has 0 radical (unpaired) electrons. The van der Waals surface area contributed by atoms with Crippen molar-refractivity contribution in [3.63, 3.8) is 0 Å². The lowest BCUT2D eigenvalue weighted by Gasteiger charge is -2.06. The number of aliphatic carboxylic acids is 1. The van der Waals surface area contributed by atoms with E-state index in [4.69, 9.17) is 9.52 Å². The molecule has 20 heavy (non-hydrogen) atoms. The van der Waals surface area contributed by atoms with Crippen molar-refractivity contribution in [1.82, 2.24) is 0 Å². The smallest absolute Gasteiger partial charge is 0.310 e. The third-order valence-corrected chi connectivity index (χ3v) is 3.55. The van der Waals surface area contributed by atoms with E-state index in [-0.39, 0.29) is 0 Å². The van der Waals surface area contributed by atoms with Crippen LogP contribution in [0.4, 0.5) is 0 Å². The maximum absolute atomic E-state index is 11.1. The van der Waals surface area contributed by atoms with Crippen LogP contribution in [0.3, 0.4) is 0 Å². The fourth-order valence-corrected chi connectivity index (χ4v) is 2.30. The van der Waals surface area contributed by atoms with Crippen LogP contribution in [0.25, 0.3) is 22.1 Å². The Balaban J connectivity index is 2.16. The molecule has 0 aliphatic carbocycles. The third-order valence-electron chi connectivity index (χ3n) is 3.55. The topological polar surface area (TPSA) is 50.4 Å². The molecule has 0 aliphatic heterocycles. The van der Waals surface area contributed by atoms with Gasteiger partial charge in [0.15, 0.2) is 0 Å². The van der Waals surface area contributed by atoms with Crippen LogP contribution in [-0.2, 0) is 4.79 Å². The molecule has 1 unspecified atom stereocenters. The van der Waals surface area contributed by atoms with E-state index >= 15 is 0 Å². The zero-order chi connectivity index (χ0) is 14.1. The van der Waals surface area contributed by atoms with Crippen molar-refractivity contribution in [2.45, 2.75) is 12.8 Å². The van der Waals surface area contributed by atoms with Gasteiger partial charge in [-0.3, -0.25) is 4.79 Å². The summed E-state index contributed by atoms with van der Waals surface area (Å²) in [4.78, 5) is 11.1. The van der Waals surface area contributed by atoms with Gasteiger partial charge in [0.25, 0.3) is 0 Å². The molecule has 3 nitrogen and oxygen atoms in total. The van der Waals surface area contributed by atoms with Crippen molar-refractivity contribution < 1.29 is 14.3 Å². The van der Waals surface area contributed by atoms with E-state index in [9.17, 15) is 4.79 Å². The van der Waals surface area contributed by atoms with Gasteiger partial charge in [-0.25, -0.2) is 0 Å².